The number of piperazine rings is 1. The second-order valence-electron chi connectivity index (χ2n) is 4.67. The number of nitro groups is 1. The number of aromatic carboxylic acids is 1. The Morgan fingerprint density at radius 1 is 1.57 bits per heavy atom. The van der Waals surface area contributed by atoms with Crippen LogP contribution in [0.1, 0.15) is 23.7 Å². The van der Waals surface area contributed by atoms with Gasteiger partial charge < -0.3 is 15.3 Å². The zero-order valence-corrected chi connectivity index (χ0v) is 11.4. The van der Waals surface area contributed by atoms with Gasteiger partial charge in [0.15, 0.2) is 0 Å². The summed E-state index contributed by atoms with van der Waals surface area (Å²) < 4.78 is 0. The smallest absolute Gasteiger partial charge is 0.342 e. The van der Waals surface area contributed by atoms with E-state index in [2.05, 4.69) is 5.32 Å². The monoisotopic (exact) mass is 293 g/mol. The molecule has 1 aromatic carbocycles. The third-order valence-corrected chi connectivity index (χ3v) is 3.46. The number of carbonyl (C=O) groups is 2. The topological polar surface area (TPSA) is 113 Å². The van der Waals surface area contributed by atoms with Crippen molar-refractivity contribution < 1.29 is 19.6 Å². The first-order valence-electron chi connectivity index (χ1n) is 6.51. The summed E-state index contributed by atoms with van der Waals surface area (Å²) in [5.74, 6) is -1.48. The Hall–Kier alpha value is -2.64. The van der Waals surface area contributed by atoms with E-state index < -0.39 is 22.6 Å². The summed E-state index contributed by atoms with van der Waals surface area (Å²) in [6.07, 6.45) is 0.556. The van der Waals surface area contributed by atoms with Crippen LogP contribution in [0.4, 0.5) is 11.4 Å². The van der Waals surface area contributed by atoms with E-state index in [0.29, 0.717) is 25.2 Å². The number of hydrogen-bond donors (Lipinski definition) is 2. The number of nitrogens with zero attached hydrogens (tertiary/aromatic N) is 2. The number of nitro benzene ring substituents is 1. The zero-order valence-electron chi connectivity index (χ0n) is 11.4. The van der Waals surface area contributed by atoms with Gasteiger partial charge in [0.1, 0.15) is 11.6 Å². The average molecular weight is 293 g/mol. The van der Waals surface area contributed by atoms with Crippen LogP contribution in [0.2, 0.25) is 0 Å². The number of nitrogens with one attached hydrogen (secondary N) is 1. The van der Waals surface area contributed by atoms with Gasteiger partial charge in [-0.15, -0.1) is 0 Å². The molecule has 0 radical (unpaired) electrons. The summed E-state index contributed by atoms with van der Waals surface area (Å²) in [7, 11) is 0. The largest absolute Gasteiger partial charge is 0.477 e. The fourth-order valence-electron chi connectivity index (χ4n) is 2.46. The van der Waals surface area contributed by atoms with E-state index in [1.54, 1.807) is 4.90 Å². The van der Waals surface area contributed by atoms with Crippen molar-refractivity contribution in [3.63, 3.8) is 0 Å². The minimum Gasteiger partial charge on any atom is -0.477 e. The van der Waals surface area contributed by atoms with E-state index in [1.807, 2.05) is 6.92 Å². The highest BCUT2D eigenvalue weighted by atomic mass is 16.6. The molecule has 8 heteroatoms. The Labute approximate surface area is 120 Å². The van der Waals surface area contributed by atoms with Crippen LogP contribution in [0.25, 0.3) is 0 Å². The lowest BCUT2D eigenvalue weighted by atomic mass is 10.1. The average Bonchev–Trinajstić information content (AvgIpc) is 2.46. The first-order valence-corrected chi connectivity index (χ1v) is 6.51. The van der Waals surface area contributed by atoms with Crippen molar-refractivity contribution in [2.24, 2.45) is 0 Å². The molecule has 0 saturated carbocycles. The van der Waals surface area contributed by atoms with Crippen LogP contribution in [-0.4, -0.2) is 41.0 Å². The third kappa shape index (κ3) is 2.78. The van der Waals surface area contributed by atoms with Crippen LogP contribution >= 0.6 is 0 Å². The van der Waals surface area contributed by atoms with Crippen molar-refractivity contribution in [1.29, 1.82) is 0 Å². The number of carboxylic acids is 1. The van der Waals surface area contributed by atoms with Gasteiger partial charge >= 0.3 is 5.97 Å². The van der Waals surface area contributed by atoms with E-state index in [9.17, 15) is 19.7 Å². The molecule has 1 heterocycles. The number of rotatable bonds is 4. The molecule has 112 valence electrons. The molecule has 0 bridgehead atoms. The maximum Gasteiger partial charge on any atom is 0.342 e. The van der Waals surface area contributed by atoms with E-state index >= 15 is 0 Å². The summed E-state index contributed by atoms with van der Waals surface area (Å²) in [4.78, 5) is 34.9. The summed E-state index contributed by atoms with van der Waals surface area (Å²) in [6, 6.07) is 3.51. The van der Waals surface area contributed by atoms with E-state index in [-0.39, 0.29) is 11.5 Å². The second kappa shape index (κ2) is 5.78. The lowest BCUT2D eigenvalue weighted by Gasteiger charge is -2.36. The predicted molar refractivity (Wildman–Crippen MR) is 74.5 cm³/mol. The molecule has 1 aromatic rings. The second-order valence-corrected chi connectivity index (χ2v) is 4.67. The SMILES string of the molecule is CCC1C(=O)NCCN1c1ccc(C(=O)O)c([N+](=O)[O-])c1. The molecule has 2 rings (SSSR count). The van der Waals surface area contributed by atoms with Gasteiger partial charge in [0, 0.05) is 24.8 Å². The van der Waals surface area contributed by atoms with Crippen LogP contribution in [0, 0.1) is 10.1 Å². The van der Waals surface area contributed by atoms with Crippen LogP contribution in [0.5, 0.6) is 0 Å². The molecule has 0 aromatic heterocycles. The van der Waals surface area contributed by atoms with Crippen molar-refractivity contribution in [2.45, 2.75) is 19.4 Å². The fraction of sp³-hybridized carbons (Fsp3) is 0.385. The minimum absolute atomic E-state index is 0.131. The summed E-state index contributed by atoms with van der Waals surface area (Å²) in [5.41, 5.74) is -0.354. The lowest BCUT2D eigenvalue weighted by molar-refractivity contribution is -0.385. The first-order chi connectivity index (χ1) is 9.95. The summed E-state index contributed by atoms with van der Waals surface area (Å²) >= 11 is 0. The molecule has 2 N–H and O–H groups in total. The molecule has 0 spiro atoms. The highest BCUT2D eigenvalue weighted by Crippen LogP contribution is 2.28. The van der Waals surface area contributed by atoms with Gasteiger partial charge in [-0.3, -0.25) is 14.9 Å². The first kappa shape index (κ1) is 14.8. The number of carbonyl (C=O) groups excluding carboxylic acids is 1. The number of amides is 1. The lowest BCUT2D eigenvalue weighted by Crippen LogP contribution is -2.55. The standard InChI is InChI=1S/C13H15N3O5/c1-2-10-12(17)14-5-6-15(10)8-3-4-9(13(18)19)11(7-8)16(20)21/h3-4,7,10H,2,5-6H2,1H3,(H,14,17)(H,18,19). The van der Waals surface area contributed by atoms with Gasteiger partial charge in [-0.2, -0.15) is 0 Å². The zero-order chi connectivity index (χ0) is 15.6. The molecule has 0 aliphatic carbocycles. The van der Waals surface area contributed by atoms with Crippen LogP contribution in [0.3, 0.4) is 0 Å². The van der Waals surface area contributed by atoms with E-state index in [1.165, 1.54) is 18.2 Å². The fourth-order valence-corrected chi connectivity index (χ4v) is 2.46. The molecular formula is C13H15N3O5. The predicted octanol–water partition coefficient (Wildman–Crippen LogP) is 1.01. The van der Waals surface area contributed by atoms with E-state index in [4.69, 9.17) is 5.11 Å². The van der Waals surface area contributed by atoms with Crippen LogP contribution in [-0.2, 0) is 4.79 Å². The maximum absolute atomic E-state index is 11.8. The highest BCUT2D eigenvalue weighted by Gasteiger charge is 2.30. The molecule has 1 aliphatic rings. The van der Waals surface area contributed by atoms with Crippen molar-refractivity contribution in [1.82, 2.24) is 5.32 Å². The van der Waals surface area contributed by atoms with E-state index in [0.717, 1.165) is 0 Å². The Morgan fingerprint density at radius 2 is 2.29 bits per heavy atom. The normalized spacial score (nSPS) is 18.2. The van der Waals surface area contributed by atoms with Gasteiger partial charge in [-0.25, -0.2) is 4.79 Å². The van der Waals surface area contributed by atoms with Gasteiger partial charge in [0.2, 0.25) is 5.91 Å². The van der Waals surface area contributed by atoms with Crippen LogP contribution in [0.15, 0.2) is 18.2 Å². The number of carboxylic acid groups (broad SMARTS) is 1. The number of benzene rings is 1. The van der Waals surface area contributed by atoms with Gasteiger partial charge in [-0.05, 0) is 18.6 Å². The van der Waals surface area contributed by atoms with Gasteiger partial charge in [-0.1, -0.05) is 6.92 Å². The minimum atomic E-state index is -1.35. The Balaban J connectivity index is 2.44. The number of hydrogen-bond acceptors (Lipinski definition) is 5. The summed E-state index contributed by atoms with van der Waals surface area (Å²) in [5, 5.41) is 22.7. The molecule has 8 nitrogen and oxygen atoms in total. The third-order valence-electron chi connectivity index (χ3n) is 3.46. The Morgan fingerprint density at radius 3 is 2.86 bits per heavy atom. The molecule has 1 amide bonds. The summed E-state index contributed by atoms with van der Waals surface area (Å²) in [6.45, 7) is 2.82. The molecule has 1 aliphatic heterocycles. The molecule has 1 unspecified atom stereocenters. The Bertz CT molecular complexity index is 601. The molecule has 1 atom stereocenters. The highest BCUT2D eigenvalue weighted by molar-refractivity contribution is 5.93. The maximum atomic E-state index is 11.8. The molecule has 1 saturated heterocycles. The van der Waals surface area contributed by atoms with Crippen molar-refractivity contribution >= 4 is 23.3 Å². The Kier molecular flexibility index (Phi) is 4.06. The van der Waals surface area contributed by atoms with Crippen molar-refractivity contribution in [2.75, 3.05) is 18.0 Å². The number of anilines is 1. The molecule has 21 heavy (non-hydrogen) atoms. The van der Waals surface area contributed by atoms with Gasteiger partial charge in [0.25, 0.3) is 5.69 Å². The van der Waals surface area contributed by atoms with Crippen LogP contribution < -0.4 is 10.2 Å². The quantitative estimate of drug-likeness (QED) is 0.632. The van der Waals surface area contributed by atoms with Crippen molar-refractivity contribution in [3.8, 4) is 0 Å². The van der Waals surface area contributed by atoms with Crippen molar-refractivity contribution in [3.05, 3.63) is 33.9 Å². The van der Waals surface area contributed by atoms with Gasteiger partial charge in [0.05, 0.1) is 4.92 Å². The molecule has 1 fully saturated rings. The molecular weight excluding hydrogens is 278 g/mol.